The van der Waals surface area contributed by atoms with Gasteiger partial charge in [0.15, 0.2) is 6.29 Å². The van der Waals surface area contributed by atoms with E-state index < -0.39 is 5.92 Å². The molecule has 0 bridgehead atoms. The summed E-state index contributed by atoms with van der Waals surface area (Å²) in [5, 5.41) is 8.56. The maximum atomic E-state index is 11.9. The summed E-state index contributed by atoms with van der Waals surface area (Å²) in [6.07, 6.45) is 0.0745. The first kappa shape index (κ1) is 13.5. The van der Waals surface area contributed by atoms with E-state index in [1.165, 1.54) is 0 Å². The minimum atomic E-state index is -0.394. The van der Waals surface area contributed by atoms with Gasteiger partial charge in [0.05, 0.1) is 25.7 Å². The smallest absolute Gasteiger partial charge is 0.319 e. The summed E-state index contributed by atoms with van der Waals surface area (Å²) < 4.78 is 15.7. The molecule has 1 aliphatic rings. The lowest BCUT2D eigenvalue weighted by Crippen LogP contribution is -2.37. The van der Waals surface area contributed by atoms with Crippen LogP contribution in [0.1, 0.15) is 12.5 Å². The van der Waals surface area contributed by atoms with Crippen LogP contribution in [0.25, 0.3) is 0 Å². The van der Waals surface area contributed by atoms with Gasteiger partial charge in [-0.25, -0.2) is 0 Å². The zero-order valence-electron chi connectivity index (χ0n) is 10.7. The Labute approximate surface area is 111 Å². The highest BCUT2D eigenvalue weighted by Crippen LogP contribution is 2.17. The number of rotatable bonds is 3. The number of nitrogens with zero attached hydrogens (tertiary/aromatic N) is 1. The van der Waals surface area contributed by atoms with E-state index in [9.17, 15) is 4.79 Å². The summed E-state index contributed by atoms with van der Waals surface area (Å²) in [5.74, 6) is -0.291. The molecule has 19 heavy (non-hydrogen) atoms. The number of hydrogen-bond acceptors (Lipinski definition) is 5. The van der Waals surface area contributed by atoms with Crippen molar-refractivity contribution in [2.24, 2.45) is 5.92 Å². The van der Waals surface area contributed by atoms with Crippen LogP contribution in [-0.4, -0.2) is 25.5 Å². The van der Waals surface area contributed by atoms with Crippen LogP contribution in [0.15, 0.2) is 24.3 Å². The molecule has 0 unspecified atom stereocenters. The largest absolute Gasteiger partial charge is 0.426 e. The van der Waals surface area contributed by atoms with Crippen molar-refractivity contribution in [1.29, 1.82) is 5.26 Å². The summed E-state index contributed by atoms with van der Waals surface area (Å²) in [4.78, 5) is 11.9. The number of benzene rings is 1. The van der Waals surface area contributed by atoms with Crippen LogP contribution in [0.3, 0.4) is 0 Å². The molecule has 0 amide bonds. The zero-order valence-corrected chi connectivity index (χ0v) is 10.7. The zero-order chi connectivity index (χ0) is 13.7. The van der Waals surface area contributed by atoms with Crippen molar-refractivity contribution in [3.8, 4) is 11.8 Å². The van der Waals surface area contributed by atoms with Gasteiger partial charge in [0.25, 0.3) is 0 Å². The van der Waals surface area contributed by atoms with E-state index in [-0.39, 0.29) is 12.3 Å². The molecular weight excluding hydrogens is 246 g/mol. The molecule has 0 radical (unpaired) electrons. The molecule has 1 aliphatic heterocycles. The Kier molecular flexibility index (Phi) is 4.50. The fraction of sp³-hybridized carbons (Fsp3) is 0.429. The molecule has 2 rings (SSSR count). The Morgan fingerprint density at radius 3 is 2.58 bits per heavy atom. The number of carbonyl (C=O) groups excluding carboxylic acids is 1. The topological polar surface area (TPSA) is 68.5 Å². The lowest BCUT2D eigenvalue weighted by atomic mass is 10.1. The van der Waals surface area contributed by atoms with Gasteiger partial charge in [0.2, 0.25) is 0 Å². The number of carbonyl (C=O) groups is 1. The first-order valence-electron chi connectivity index (χ1n) is 6.10. The van der Waals surface area contributed by atoms with Crippen LogP contribution in [0.2, 0.25) is 0 Å². The van der Waals surface area contributed by atoms with Crippen LogP contribution >= 0.6 is 0 Å². The van der Waals surface area contributed by atoms with Gasteiger partial charge in [0, 0.05) is 0 Å². The summed E-state index contributed by atoms with van der Waals surface area (Å²) in [6.45, 7) is 2.41. The minimum absolute atomic E-state index is 0.269. The van der Waals surface area contributed by atoms with Gasteiger partial charge in [0.1, 0.15) is 11.7 Å². The molecule has 1 aromatic rings. The highest BCUT2D eigenvalue weighted by Gasteiger charge is 2.27. The molecule has 1 aromatic carbocycles. The van der Waals surface area contributed by atoms with Crippen LogP contribution in [0.4, 0.5) is 0 Å². The Bertz CT molecular complexity index is 469. The predicted octanol–water partition coefficient (Wildman–Crippen LogP) is 1.67. The second-order valence-corrected chi connectivity index (χ2v) is 4.33. The van der Waals surface area contributed by atoms with E-state index in [0.29, 0.717) is 25.4 Å². The average molecular weight is 261 g/mol. The number of ether oxygens (including phenoxy) is 3. The quantitative estimate of drug-likeness (QED) is 0.611. The monoisotopic (exact) mass is 261 g/mol. The first-order chi connectivity index (χ1) is 9.19. The summed E-state index contributed by atoms with van der Waals surface area (Å²) in [7, 11) is 0. The SMILES string of the molecule is CC1OCC(C(=O)Oc2ccc(CC#N)cc2)CO1. The highest BCUT2D eigenvalue weighted by molar-refractivity contribution is 5.75. The van der Waals surface area contributed by atoms with Crippen molar-refractivity contribution >= 4 is 5.97 Å². The van der Waals surface area contributed by atoms with E-state index in [4.69, 9.17) is 19.5 Å². The third-order valence-corrected chi connectivity index (χ3v) is 2.82. The Morgan fingerprint density at radius 2 is 2.00 bits per heavy atom. The lowest BCUT2D eigenvalue weighted by Gasteiger charge is -2.25. The highest BCUT2D eigenvalue weighted by atomic mass is 16.7. The van der Waals surface area contributed by atoms with E-state index in [2.05, 4.69) is 6.07 Å². The molecule has 0 atom stereocenters. The molecule has 0 saturated carbocycles. The molecule has 5 heteroatoms. The van der Waals surface area contributed by atoms with Gasteiger partial charge in [-0.2, -0.15) is 5.26 Å². The third kappa shape index (κ3) is 3.78. The summed E-state index contributed by atoms with van der Waals surface area (Å²) in [6, 6.07) is 8.95. The Morgan fingerprint density at radius 1 is 1.37 bits per heavy atom. The van der Waals surface area contributed by atoms with Gasteiger partial charge < -0.3 is 14.2 Å². The van der Waals surface area contributed by atoms with Gasteiger partial charge in [-0.1, -0.05) is 12.1 Å². The first-order valence-corrected chi connectivity index (χ1v) is 6.10. The van der Waals surface area contributed by atoms with E-state index in [0.717, 1.165) is 5.56 Å². The minimum Gasteiger partial charge on any atom is -0.426 e. The van der Waals surface area contributed by atoms with Gasteiger partial charge >= 0.3 is 5.97 Å². The Hall–Kier alpha value is -1.90. The molecule has 1 fully saturated rings. The molecule has 5 nitrogen and oxygen atoms in total. The van der Waals surface area contributed by atoms with Crippen molar-refractivity contribution < 1.29 is 19.0 Å². The molecule has 1 saturated heterocycles. The van der Waals surface area contributed by atoms with Crippen LogP contribution < -0.4 is 4.74 Å². The lowest BCUT2D eigenvalue weighted by molar-refractivity contribution is -0.198. The molecule has 1 heterocycles. The summed E-state index contributed by atoms with van der Waals surface area (Å²) in [5.41, 5.74) is 0.889. The van der Waals surface area contributed by atoms with Crippen molar-refractivity contribution in [2.45, 2.75) is 19.6 Å². The average Bonchev–Trinajstić information content (AvgIpc) is 2.42. The van der Waals surface area contributed by atoms with E-state index in [1.807, 2.05) is 0 Å². The van der Waals surface area contributed by atoms with Crippen LogP contribution in [0.5, 0.6) is 5.75 Å². The third-order valence-electron chi connectivity index (χ3n) is 2.82. The van der Waals surface area contributed by atoms with E-state index >= 15 is 0 Å². The second-order valence-electron chi connectivity index (χ2n) is 4.33. The normalized spacial score (nSPS) is 22.5. The van der Waals surface area contributed by atoms with Crippen molar-refractivity contribution in [2.75, 3.05) is 13.2 Å². The second kappa shape index (κ2) is 6.32. The maximum Gasteiger partial charge on any atom is 0.319 e. The van der Waals surface area contributed by atoms with Crippen molar-refractivity contribution in [3.63, 3.8) is 0 Å². The number of esters is 1. The molecule has 0 N–H and O–H groups in total. The molecule has 100 valence electrons. The van der Waals surface area contributed by atoms with Crippen molar-refractivity contribution in [1.82, 2.24) is 0 Å². The van der Waals surface area contributed by atoms with Gasteiger partial charge in [-0.05, 0) is 24.6 Å². The fourth-order valence-electron chi connectivity index (χ4n) is 1.70. The van der Waals surface area contributed by atoms with Gasteiger partial charge in [-0.3, -0.25) is 4.79 Å². The maximum absolute atomic E-state index is 11.9. The molecule has 0 aromatic heterocycles. The fourth-order valence-corrected chi connectivity index (χ4v) is 1.70. The number of nitriles is 1. The molecule has 0 aliphatic carbocycles. The Balaban J connectivity index is 1.90. The van der Waals surface area contributed by atoms with E-state index in [1.54, 1.807) is 31.2 Å². The van der Waals surface area contributed by atoms with Gasteiger partial charge in [-0.15, -0.1) is 0 Å². The molecular formula is C14H15NO4. The number of hydrogen-bond donors (Lipinski definition) is 0. The standard InChI is InChI=1S/C14H15NO4/c1-10-17-8-12(9-18-10)14(16)19-13-4-2-11(3-5-13)6-7-15/h2-5,10,12H,6,8-9H2,1H3. The molecule has 0 spiro atoms. The summed E-state index contributed by atoms with van der Waals surface area (Å²) >= 11 is 0. The van der Waals surface area contributed by atoms with Crippen LogP contribution in [-0.2, 0) is 20.7 Å². The predicted molar refractivity (Wildman–Crippen MR) is 66.3 cm³/mol. The van der Waals surface area contributed by atoms with Crippen molar-refractivity contribution in [3.05, 3.63) is 29.8 Å². The van der Waals surface area contributed by atoms with Crippen LogP contribution in [0, 0.1) is 17.2 Å².